The Balaban J connectivity index is 2.13. The van der Waals surface area contributed by atoms with E-state index in [1.165, 1.54) is 0 Å². The van der Waals surface area contributed by atoms with E-state index in [-0.39, 0.29) is 0 Å². The summed E-state index contributed by atoms with van der Waals surface area (Å²) >= 11 is 0. The predicted molar refractivity (Wildman–Crippen MR) is 67.6 cm³/mol. The molecule has 134 valence electrons. The largest absolute Gasteiger partial charge is 0.455 e. The Labute approximate surface area is 130 Å². The number of cyclic esters (lactones) is 1. The van der Waals surface area contributed by atoms with E-state index in [1.54, 1.807) is 0 Å². The van der Waals surface area contributed by atoms with Crippen LogP contribution in [0.1, 0.15) is 0 Å². The van der Waals surface area contributed by atoms with Crippen molar-refractivity contribution in [1.82, 2.24) is 0 Å². The van der Waals surface area contributed by atoms with Gasteiger partial charge in [-0.25, -0.2) is 4.79 Å². The van der Waals surface area contributed by atoms with Crippen LogP contribution in [0.4, 0.5) is 0 Å². The van der Waals surface area contributed by atoms with Gasteiger partial charge in [-0.2, -0.15) is 0 Å². The number of hydrogen-bond donors (Lipinski definition) is 7. The third-order valence-electron chi connectivity index (χ3n) is 3.86. The lowest BCUT2D eigenvalue weighted by molar-refractivity contribution is -0.331. The molecule has 2 heterocycles. The molecule has 2 aliphatic heterocycles. The molecule has 0 aromatic rings. The van der Waals surface area contributed by atoms with Crippen LogP contribution in [0.5, 0.6) is 0 Å². The van der Waals surface area contributed by atoms with E-state index in [0.29, 0.717) is 0 Å². The fraction of sp³-hybridized carbons (Fsp3) is 0.917. The smallest absolute Gasteiger partial charge is 0.338 e. The van der Waals surface area contributed by atoms with Crippen LogP contribution in [0.2, 0.25) is 0 Å². The second-order valence-corrected chi connectivity index (χ2v) is 5.39. The molecule has 0 spiro atoms. The van der Waals surface area contributed by atoms with Crippen molar-refractivity contribution in [2.75, 3.05) is 13.2 Å². The first-order valence-electron chi connectivity index (χ1n) is 6.95. The van der Waals surface area contributed by atoms with Gasteiger partial charge in [0.25, 0.3) is 0 Å². The van der Waals surface area contributed by atoms with Crippen LogP contribution < -0.4 is 0 Å². The van der Waals surface area contributed by atoms with Gasteiger partial charge < -0.3 is 50.0 Å². The van der Waals surface area contributed by atoms with E-state index in [1.807, 2.05) is 0 Å². The summed E-state index contributed by atoms with van der Waals surface area (Å²) in [5, 5.41) is 66.8. The van der Waals surface area contributed by atoms with Crippen LogP contribution in [-0.2, 0) is 19.0 Å². The maximum absolute atomic E-state index is 11.3. The molecule has 2 aliphatic rings. The third kappa shape index (κ3) is 3.47. The standard InChI is InChI=1S/C12H20O11/c13-1-3-5(15)6(16)9(19)12(22-3)23-10-4(2-14)21-11(20)8(18)7(10)17/h3-10,12-19H,1-2H2/t3?,4?,5-,6?,7?,8+,9+,10-,12+/m1/s1. The topological polar surface area (TPSA) is 186 Å². The number of carbonyl (C=O) groups excluding carboxylic acids is 1. The van der Waals surface area contributed by atoms with E-state index >= 15 is 0 Å². The Hall–Kier alpha value is -0.890. The number of aliphatic hydroxyl groups is 7. The van der Waals surface area contributed by atoms with Crippen molar-refractivity contribution in [2.24, 2.45) is 0 Å². The summed E-state index contributed by atoms with van der Waals surface area (Å²) in [4.78, 5) is 11.3. The third-order valence-corrected chi connectivity index (χ3v) is 3.86. The highest BCUT2D eigenvalue weighted by atomic mass is 16.7. The molecule has 0 aliphatic carbocycles. The number of esters is 1. The fourth-order valence-corrected chi connectivity index (χ4v) is 2.47. The predicted octanol–water partition coefficient (Wildman–Crippen LogP) is -5.19. The quantitative estimate of drug-likeness (QED) is 0.242. The first-order valence-corrected chi connectivity index (χ1v) is 6.95. The van der Waals surface area contributed by atoms with Gasteiger partial charge in [-0.3, -0.25) is 0 Å². The molecule has 2 saturated heterocycles. The van der Waals surface area contributed by atoms with Gasteiger partial charge in [0.15, 0.2) is 18.5 Å². The summed E-state index contributed by atoms with van der Waals surface area (Å²) in [6.07, 6.45) is -14.4. The van der Waals surface area contributed by atoms with Gasteiger partial charge >= 0.3 is 5.97 Å². The number of rotatable bonds is 4. The van der Waals surface area contributed by atoms with E-state index in [9.17, 15) is 35.4 Å². The molecule has 2 rings (SSSR count). The van der Waals surface area contributed by atoms with E-state index in [0.717, 1.165) is 0 Å². The van der Waals surface area contributed by atoms with Crippen molar-refractivity contribution in [3.05, 3.63) is 0 Å². The minimum Gasteiger partial charge on any atom is -0.455 e. The molecular weight excluding hydrogens is 320 g/mol. The highest BCUT2D eigenvalue weighted by Gasteiger charge is 2.50. The van der Waals surface area contributed by atoms with Crippen LogP contribution in [0.25, 0.3) is 0 Å². The molecule has 9 atom stereocenters. The van der Waals surface area contributed by atoms with Crippen molar-refractivity contribution in [1.29, 1.82) is 0 Å². The lowest BCUT2D eigenvalue weighted by Gasteiger charge is -2.43. The molecule has 2 fully saturated rings. The second kappa shape index (κ2) is 7.34. The molecular formula is C12H20O11. The summed E-state index contributed by atoms with van der Waals surface area (Å²) < 4.78 is 15.0. The van der Waals surface area contributed by atoms with Gasteiger partial charge in [-0.15, -0.1) is 0 Å². The highest BCUT2D eigenvalue weighted by Crippen LogP contribution is 2.27. The maximum atomic E-state index is 11.3. The minimum atomic E-state index is -1.92. The Bertz CT molecular complexity index is 414. The SMILES string of the molecule is O=C1OC(CO)[C@@H](O[C@@H]2OC(CO)[C@@H](O)C(O)[C@@H]2O)C(O)[C@@H]1O. The average molecular weight is 340 g/mol. The van der Waals surface area contributed by atoms with Gasteiger partial charge in [0.05, 0.1) is 13.2 Å². The van der Waals surface area contributed by atoms with Gasteiger partial charge in [-0.1, -0.05) is 0 Å². The number of aliphatic hydroxyl groups excluding tert-OH is 7. The zero-order valence-electron chi connectivity index (χ0n) is 11.9. The molecule has 7 N–H and O–H groups in total. The molecule has 11 heteroatoms. The van der Waals surface area contributed by atoms with Crippen molar-refractivity contribution >= 4 is 5.97 Å². The normalized spacial score (nSPS) is 48.1. The first kappa shape index (κ1) is 18.4. The van der Waals surface area contributed by atoms with Crippen molar-refractivity contribution in [2.45, 2.75) is 55.1 Å². The lowest BCUT2D eigenvalue weighted by Crippen LogP contribution is -2.63. The zero-order chi connectivity index (χ0) is 17.3. The summed E-state index contributed by atoms with van der Waals surface area (Å²) in [6.45, 7) is -1.42. The van der Waals surface area contributed by atoms with Crippen LogP contribution in [0, 0.1) is 0 Å². The van der Waals surface area contributed by atoms with Crippen LogP contribution in [0.3, 0.4) is 0 Å². The second-order valence-electron chi connectivity index (χ2n) is 5.39. The average Bonchev–Trinajstić information content (AvgIpc) is 2.55. The van der Waals surface area contributed by atoms with Crippen LogP contribution >= 0.6 is 0 Å². The highest BCUT2D eigenvalue weighted by molar-refractivity contribution is 5.76. The lowest BCUT2D eigenvalue weighted by atomic mass is 9.97. The van der Waals surface area contributed by atoms with Crippen LogP contribution in [-0.4, -0.2) is 110 Å². The van der Waals surface area contributed by atoms with Crippen molar-refractivity contribution in [3.8, 4) is 0 Å². The number of ether oxygens (including phenoxy) is 3. The summed E-state index contributed by atoms with van der Waals surface area (Å²) in [7, 11) is 0. The molecule has 0 bridgehead atoms. The van der Waals surface area contributed by atoms with Gasteiger partial charge in [0.2, 0.25) is 0 Å². The maximum Gasteiger partial charge on any atom is 0.338 e. The Kier molecular flexibility index (Phi) is 5.89. The number of hydrogen-bond acceptors (Lipinski definition) is 11. The summed E-state index contributed by atoms with van der Waals surface area (Å²) in [5.74, 6) is -1.15. The molecule has 0 aromatic carbocycles. The Morgan fingerprint density at radius 1 is 0.870 bits per heavy atom. The molecule has 0 amide bonds. The molecule has 0 aromatic heterocycles. The van der Waals surface area contributed by atoms with Gasteiger partial charge in [-0.05, 0) is 0 Å². The summed E-state index contributed by atoms with van der Waals surface area (Å²) in [5.41, 5.74) is 0. The molecule has 4 unspecified atom stereocenters. The fourth-order valence-electron chi connectivity index (χ4n) is 2.47. The number of carbonyl (C=O) groups is 1. The Morgan fingerprint density at radius 2 is 1.48 bits per heavy atom. The van der Waals surface area contributed by atoms with Crippen LogP contribution in [0.15, 0.2) is 0 Å². The molecule has 0 radical (unpaired) electrons. The van der Waals surface area contributed by atoms with Crippen molar-refractivity contribution < 1.29 is 54.8 Å². The molecule has 0 saturated carbocycles. The monoisotopic (exact) mass is 340 g/mol. The minimum absolute atomic E-state index is 0.681. The van der Waals surface area contributed by atoms with E-state index in [2.05, 4.69) is 4.74 Å². The van der Waals surface area contributed by atoms with Gasteiger partial charge in [0.1, 0.15) is 36.6 Å². The molecule has 23 heavy (non-hydrogen) atoms. The summed E-state index contributed by atoms with van der Waals surface area (Å²) in [6, 6.07) is 0. The Morgan fingerprint density at radius 3 is 2.04 bits per heavy atom. The van der Waals surface area contributed by atoms with E-state index in [4.69, 9.17) is 14.6 Å². The van der Waals surface area contributed by atoms with Gasteiger partial charge in [0, 0.05) is 0 Å². The molecule has 11 nitrogen and oxygen atoms in total. The van der Waals surface area contributed by atoms with E-state index < -0.39 is 74.3 Å². The van der Waals surface area contributed by atoms with Crippen molar-refractivity contribution in [3.63, 3.8) is 0 Å². The first-order chi connectivity index (χ1) is 10.8. The zero-order valence-corrected chi connectivity index (χ0v) is 11.9.